The summed E-state index contributed by atoms with van der Waals surface area (Å²) in [5.74, 6) is 1.78. The molecule has 1 aromatic carbocycles. The third kappa shape index (κ3) is 5.55. The minimum Gasteiger partial charge on any atom is -0.497 e. The highest BCUT2D eigenvalue weighted by Crippen LogP contribution is 2.29. The zero-order valence-electron chi connectivity index (χ0n) is 13.2. The lowest BCUT2D eigenvalue weighted by molar-refractivity contribution is 0.309. The number of nitrogens with one attached hydrogen (secondary N) is 1. The molecule has 0 fully saturated rings. The van der Waals surface area contributed by atoms with Crippen LogP contribution in [0.5, 0.6) is 11.5 Å². The molecule has 1 aromatic rings. The Bertz CT molecular complexity index is 543. The van der Waals surface area contributed by atoms with Gasteiger partial charge >= 0.3 is 0 Å². The predicted octanol–water partition coefficient (Wildman–Crippen LogP) is 2.18. The van der Waals surface area contributed by atoms with Crippen molar-refractivity contribution < 1.29 is 17.9 Å². The van der Waals surface area contributed by atoms with Gasteiger partial charge in [-0.1, -0.05) is 13.0 Å². The van der Waals surface area contributed by atoms with Crippen molar-refractivity contribution in [1.29, 1.82) is 0 Å². The highest BCUT2D eigenvalue weighted by molar-refractivity contribution is 7.91. The average molecular weight is 315 g/mol. The topological polar surface area (TPSA) is 64.6 Å². The van der Waals surface area contributed by atoms with E-state index >= 15 is 0 Å². The zero-order chi connectivity index (χ0) is 15.9. The lowest BCUT2D eigenvalue weighted by Crippen LogP contribution is -2.15. The lowest BCUT2D eigenvalue weighted by atomic mass is 10.1. The van der Waals surface area contributed by atoms with Crippen molar-refractivity contribution in [3.8, 4) is 11.5 Å². The number of hydrogen-bond donors (Lipinski definition) is 1. The number of methoxy groups -OCH3 is 1. The number of rotatable bonds is 9. The Morgan fingerprint density at radius 2 is 2.05 bits per heavy atom. The van der Waals surface area contributed by atoms with Crippen LogP contribution in [-0.4, -0.2) is 40.7 Å². The Labute approximate surface area is 127 Å². The van der Waals surface area contributed by atoms with Crippen LogP contribution in [0, 0.1) is 0 Å². The summed E-state index contributed by atoms with van der Waals surface area (Å²) < 4.78 is 33.9. The Balaban J connectivity index is 2.72. The molecule has 0 aliphatic carbocycles. The van der Waals surface area contributed by atoms with Gasteiger partial charge in [-0.2, -0.15) is 0 Å². The van der Waals surface area contributed by atoms with Crippen LogP contribution in [0.1, 0.15) is 31.9 Å². The van der Waals surface area contributed by atoms with E-state index < -0.39 is 9.84 Å². The Morgan fingerprint density at radius 3 is 2.62 bits per heavy atom. The van der Waals surface area contributed by atoms with Crippen molar-refractivity contribution in [2.45, 2.75) is 26.3 Å². The first kappa shape index (κ1) is 17.8. The van der Waals surface area contributed by atoms with Crippen molar-refractivity contribution in [2.24, 2.45) is 0 Å². The van der Waals surface area contributed by atoms with Crippen LogP contribution in [0.25, 0.3) is 0 Å². The first-order valence-electron chi connectivity index (χ1n) is 7.12. The first-order valence-corrected chi connectivity index (χ1v) is 8.94. The molecular formula is C15H25NO4S. The highest BCUT2D eigenvalue weighted by atomic mass is 32.2. The van der Waals surface area contributed by atoms with Crippen LogP contribution in [0.15, 0.2) is 18.2 Å². The molecule has 0 radical (unpaired) electrons. The van der Waals surface area contributed by atoms with Gasteiger partial charge in [-0.25, -0.2) is 8.42 Å². The zero-order valence-corrected chi connectivity index (χ0v) is 14.0. The molecule has 0 saturated carbocycles. The highest BCUT2D eigenvalue weighted by Gasteiger charge is 2.12. The van der Waals surface area contributed by atoms with Crippen LogP contribution >= 0.6 is 0 Å². The molecule has 1 N–H and O–H groups in total. The monoisotopic (exact) mass is 315 g/mol. The summed E-state index contributed by atoms with van der Waals surface area (Å²) in [6, 6.07) is 5.82. The third-order valence-electron chi connectivity index (χ3n) is 3.42. The largest absolute Gasteiger partial charge is 0.497 e. The average Bonchev–Trinajstić information content (AvgIpc) is 2.50. The van der Waals surface area contributed by atoms with Gasteiger partial charge in [0.25, 0.3) is 0 Å². The minimum absolute atomic E-state index is 0.144. The van der Waals surface area contributed by atoms with Crippen LogP contribution in [0.4, 0.5) is 0 Å². The van der Waals surface area contributed by atoms with E-state index in [1.165, 1.54) is 0 Å². The fraction of sp³-hybridized carbons (Fsp3) is 0.600. The van der Waals surface area contributed by atoms with Crippen molar-refractivity contribution in [1.82, 2.24) is 5.32 Å². The van der Waals surface area contributed by atoms with E-state index in [1.807, 2.05) is 32.2 Å². The fourth-order valence-electron chi connectivity index (χ4n) is 1.89. The standard InChI is InChI=1S/C15H25NO4S/c1-5-21(17,18)10-6-9-20-15-11-13(19-4)7-8-14(15)12(2)16-3/h7-8,11-12,16H,5-6,9-10H2,1-4H3. The predicted molar refractivity (Wildman–Crippen MR) is 84.9 cm³/mol. The number of ether oxygens (including phenoxy) is 2. The Kier molecular flexibility index (Phi) is 6.98. The molecule has 0 saturated heterocycles. The molecule has 21 heavy (non-hydrogen) atoms. The number of hydrogen-bond acceptors (Lipinski definition) is 5. The van der Waals surface area contributed by atoms with Crippen LogP contribution in [0.3, 0.4) is 0 Å². The van der Waals surface area contributed by atoms with Gasteiger partial charge in [0.05, 0.1) is 19.5 Å². The van der Waals surface area contributed by atoms with E-state index in [0.29, 0.717) is 13.0 Å². The third-order valence-corrected chi connectivity index (χ3v) is 5.21. The van der Waals surface area contributed by atoms with E-state index in [0.717, 1.165) is 17.1 Å². The maximum absolute atomic E-state index is 11.4. The molecular weight excluding hydrogens is 290 g/mol. The second-order valence-corrected chi connectivity index (χ2v) is 7.33. The fourth-order valence-corrected chi connectivity index (χ4v) is 2.73. The summed E-state index contributed by atoms with van der Waals surface area (Å²) in [6.07, 6.45) is 0.487. The summed E-state index contributed by atoms with van der Waals surface area (Å²) in [5.41, 5.74) is 1.02. The van der Waals surface area contributed by atoms with E-state index in [9.17, 15) is 8.42 Å². The van der Waals surface area contributed by atoms with Gasteiger partial charge in [-0.05, 0) is 26.5 Å². The van der Waals surface area contributed by atoms with Crippen LogP contribution < -0.4 is 14.8 Å². The first-order chi connectivity index (χ1) is 9.93. The van der Waals surface area contributed by atoms with Gasteiger partial charge in [-0.15, -0.1) is 0 Å². The summed E-state index contributed by atoms with van der Waals surface area (Å²) in [7, 11) is 0.552. The Hall–Kier alpha value is -1.27. The second kappa shape index (κ2) is 8.24. The maximum atomic E-state index is 11.4. The molecule has 0 aliphatic heterocycles. The van der Waals surface area contributed by atoms with Gasteiger partial charge < -0.3 is 14.8 Å². The molecule has 5 nitrogen and oxygen atoms in total. The van der Waals surface area contributed by atoms with E-state index in [1.54, 1.807) is 14.0 Å². The van der Waals surface area contributed by atoms with Crippen molar-refractivity contribution >= 4 is 9.84 Å². The van der Waals surface area contributed by atoms with Crippen LogP contribution in [0.2, 0.25) is 0 Å². The van der Waals surface area contributed by atoms with Gasteiger partial charge in [0.2, 0.25) is 0 Å². The minimum atomic E-state index is -2.93. The van der Waals surface area contributed by atoms with Gasteiger partial charge in [0.1, 0.15) is 21.3 Å². The van der Waals surface area contributed by atoms with Gasteiger partial charge in [0.15, 0.2) is 0 Å². The number of benzene rings is 1. The van der Waals surface area contributed by atoms with E-state index in [4.69, 9.17) is 9.47 Å². The Morgan fingerprint density at radius 1 is 1.33 bits per heavy atom. The lowest BCUT2D eigenvalue weighted by Gasteiger charge is -2.17. The molecule has 0 heterocycles. The molecule has 0 bridgehead atoms. The van der Waals surface area contributed by atoms with Crippen molar-refractivity contribution in [3.05, 3.63) is 23.8 Å². The summed E-state index contributed by atoms with van der Waals surface area (Å²) in [5, 5.41) is 3.17. The molecule has 0 aliphatic rings. The van der Waals surface area contributed by atoms with E-state index in [-0.39, 0.29) is 17.5 Å². The van der Waals surface area contributed by atoms with Crippen LogP contribution in [-0.2, 0) is 9.84 Å². The molecule has 6 heteroatoms. The molecule has 1 unspecified atom stereocenters. The molecule has 120 valence electrons. The molecule has 0 aromatic heterocycles. The quantitative estimate of drug-likeness (QED) is 0.708. The smallest absolute Gasteiger partial charge is 0.150 e. The summed E-state index contributed by atoms with van der Waals surface area (Å²) in [4.78, 5) is 0. The van der Waals surface area contributed by atoms with Crippen molar-refractivity contribution in [2.75, 3.05) is 32.3 Å². The van der Waals surface area contributed by atoms with Crippen molar-refractivity contribution in [3.63, 3.8) is 0 Å². The summed E-state index contributed by atoms with van der Waals surface area (Å²) >= 11 is 0. The van der Waals surface area contributed by atoms with Gasteiger partial charge in [-0.3, -0.25) is 0 Å². The molecule has 1 atom stereocenters. The molecule has 0 amide bonds. The normalized spacial score (nSPS) is 13.0. The number of sulfone groups is 1. The van der Waals surface area contributed by atoms with Gasteiger partial charge in [0, 0.05) is 23.4 Å². The summed E-state index contributed by atoms with van der Waals surface area (Å²) in [6.45, 7) is 4.07. The molecule has 0 spiro atoms. The SMILES string of the molecule is CCS(=O)(=O)CCCOc1cc(OC)ccc1C(C)NC. The van der Waals surface area contributed by atoms with E-state index in [2.05, 4.69) is 5.32 Å². The second-order valence-electron chi connectivity index (χ2n) is 4.85. The molecule has 1 rings (SSSR count). The maximum Gasteiger partial charge on any atom is 0.150 e.